The van der Waals surface area contributed by atoms with Gasteiger partial charge in [0.2, 0.25) is 0 Å². The Morgan fingerprint density at radius 2 is 2.04 bits per heavy atom. The first-order valence-electron chi connectivity index (χ1n) is 9.26. The summed E-state index contributed by atoms with van der Waals surface area (Å²) in [7, 11) is 4.18. The molecule has 146 valence electrons. The third-order valence-corrected chi connectivity index (χ3v) is 5.66. The number of rotatable bonds is 5. The van der Waals surface area contributed by atoms with Crippen LogP contribution in [0.3, 0.4) is 0 Å². The van der Waals surface area contributed by atoms with E-state index in [-0.39, 0.29) is 0 Å². The lowest BCUT2D eigenvalue weighted by Crippen LogP contribution is -2.21. The minimum atomic E-state index is -1.45. The predicted molar refractivity (Wildman–Crippen MR) is 107 cm³/mol. The van der Waals surface area contributed by atoms with Gasteiger partial charge in [-0.2, -0.15) is 0 Å². The lowest BCUT2D eigenvalue weighted by molar-refractivity contribution is 0.0691. The van der Waals surface area contributed by atoms with Gasteiger partial charge in [0.25, 0.3) is 5.56 Å². The van der Waals surface area contributed by atoms with Crippen LogP contribution in [0, 0.1) is 6.92 Å². The van der Waals surface area contributed by atoms with Crippen molar-refractivity contribution in [1.82, 2.24) is 14.5 Å². The van der Waals surface area contributed by atoms with E-state index in [1.807, 2.05) is 25.2 Å². The van der Waals surface area contributed by atoms with Crippen LogP contribution in [-0.2, 0) is 13.6 Å². The Kier molecular flexibility index (Phi) is 4.27. The van der Waals surface area contributed by atoms with Gasteiger partial charge >= 0.3 is 5.97 Å². The summed E-state index contributed by atoms with van der Waals surface area (Å²) in [5, 5.41) is 20.4. The van der Waals surface area contributed by atoms with Crippen LogP contribution >= 0.6 is 0 Å². The molecule has 28 heavy (non-hydrogen) atoms. The molecule has 2 heterocycles. The number of aromatic hydroxyl groups is 1. The second-order valence-corrected chi connectivity index (χ2v) is 7.60. The highest BCUT2D eigenvalue weighted by molar-refractivity contribution is 5.92. The Labute approximate surface area is 161 Å². The first-order chi connectivity index (χ1) is 13.3. The topological polar surface area (TPSA) is 98.6 Å². The second-order valence-electron chi connectivity index (χ2n) is 7.60. The van der Waals surface area contributed by atoms with Crippen LogP contribution in [0.2, 0.25) is 0 Å². The average Bonchev–Trinajstić information content (AvgIpc) is 3.44. The number of aromatic carboxylic acids is 1. The number of aryl methyl sites for hydroxylation is 1. The Hall–Kier alpha value is -3.06. The van der Waals surface area contributed by atoms with Gasteiger partial charge in [-0.1, -0.05) is 6.07 Å². The molecule has 4 rings (SSSR count). The number of aromatic nitrogens is 2. The number of nitrogens with one attached hydrogen (secondary N) is 1. The fourth-order valence-corrected chi connectivity index (χ4v) is 3.78. The Balaban J connectivity index is 1.78. The number of fused-ring (bicyclic) bond motifs is 1. The summed E-state index contributed by atoms with van der Waals surface area (Å²) < 4.78 is 2.17. The van der Waals surface area contributed by atoms with Gasteiger partial charge in [-0.15, -0.1) is 0 Å². The molecule has 0 bridgehead atoms. The zero-order valence-corrected chi connectivity index (χ0v) is 16.1. The molecule has 1 fully saturated rings. The van der Waals surface area contributed by atoms with Crippen molar-refractivity contribution in [2.45, 2.75) is 32.4 Å². The lowest BCUT2D eigenvalue weighted by Gasteiger charge is -2.16. The van der Waals surface area contributed by atoms with Crippen molar-refractivity contribution in [3.05, 3.63) is 51.4 Å². The van der Waals surface area contributed by atoms with Crippen molar-refractivity contribution in [2.24, 2.45) is 7.05 Å². The van der Waals surface area contributed by atoms with E-state index in [1.165, 1.54) is 18.5 Å². The molecule has 1 aliphatic carbocycles. The van der Waals surface area contributed by atoms with Gasteiger partial charge in [0.15, 0.2) is 5.56 Å². The summed E-state index contributed by atoms with van der Waals surface area (Å²) in [6, 6.07) is 8.61. The average molecular weight is 381 g/mol. The second kappa shape index (κ2) is 6.53. The molecule has 1 aromatic carbocycles. The van der Waals surface area contributed by atoms with Crippen molar-refractivity contribution < 1.29 is 15.0 Å². The SMILES string of the molecule is Cc1c(-c2ccc3c(c2)cc(CN(C)C2CC2)n3C)[nH]c(=O)c(C(=O)O)c1O. The molecule has 7 nitrogen and oxygen atoms in total. The highest BCUT2D eigenvalue weighted by Crippen LogP contribution is 2.32. The minimum Gasteiger partial charge on any atom is -0.506 e. The molecule has 0 spiro atoms. The van der Waals surface area contributed by atoms with Crippen molar-refractivity contribution >= 4 is 16.9 Å². The smallest absolute Gasteiger partial charge is 0.345 e. The predicted octanol–water partition coefficient (Wildman–Crippen LogP) is 2.84. The third kappa shape index (κ3) is 2.97. The van der Waals surface area contributed by atoms with Gasteiger partial charge in [0.1, 0.15) is 5.75 Å². The Bertz CT molecular complexity index is 1150. The van der Waals surface area contributed by atoms with E-state index >= 15 is 0 Å². The summed E-state index contributed by atoms with van der Waals surface area (Å²) in [6.45, 7) is 2.47. The summed E-state index contributed by atoms with van der Waals surface area (Å²) in [5.41, 5.74) is 2.32. The van der Waals surface area contributed by atoms with Gasteiger partial charge in [0, 0.05) is 41.8 Å². The number of hydrogen-bond acceptors (Lipinski definition) is 4. The first kappa shape index (κ1) is 18.3. The molecule has 0 aliphatic heterocycles. The minimum absolute atomic E-state index is 0.334. The van der Waals surface area contributed by atoms with Crippen LogP contribution in [-0.4, -0.2) is 43.7 Å². The van der Waals surface area contributed by atoms with E-state index in [9.17, 15) is 14.7 Å². The molecule has 2 aromatic heterocycles. The molecule has 3 aromatic rings. The van der Waals surface area contributed by atoms with Crippen LogP contribution in [0.5, 0.6) is 5.75 Å². The largest absolute Gasteiger partial charge is 0.506 e. The molecule has 7 heteroatoms. The molecule has 3 N–H and O–H groups in total. The highest BCUT2D eigenvalue weighted by Gasteiger charge is 2.26. The van der Waals surface area contributed by atoms with E-state index in [0.717, 1.165) is 23.0 Å². The van der Waals surface area contributed by atoms with Gasteiger partial charge in [-0.25, -0.2) is 4.79 Å². The first-order valence-corrected chi connectivity index (χ1v) is 9.26. The Morgan fingerprint density at radius 3 is 2.68 bits per heavy atom. The third-order valence-electron chi connectivity index (χ3n) is 5.66. The van der Waals surface area contributed by atoms with Gasteiger partial charge in [0.05, 0.1) is 5.69 Å². The normalized spacial score (nSPS) is 14.1. The van der Waals surface area contributed by atoms with Crippen molar-refractivity contribution in [1.29, 1.82) is 0 Å². The summed E-state index contributed by atoms with van der Waals surface area (Å²) in [6.07, 6.45) is 2.51. The van der Waals surface area contributed by atoms with Gasteiger partial charge in [-0.3, -0.25) is 9.69 Å². The zero-order valence-electron chi connectivity index (χ0n) is 16.1. The van der Waals surface area contributed by atoms with Gasteiger partial charge in [-0.05, 0) is 50.6 Å². The van der Waals surface area contributed by atoms with Crippen LogP contribution in [0.1, 0.15) is 34.5 Å². The number of benzene rings is 1. The van der Waals surface area contributed by atoms with Crippen molar-refractivity contribution in [3.8, 4) is 17.0 Å². The molecular weight excluding hydrogens is 358 g/mol. The number of carbonyl (C=O) groups is 1. The Morgan fingerprint density at radius 1 is 1.32 bits per heavy atom. The number of nitrogens with zero attached hydrogens (tertiary/aromatic N) is 2. The molecule has 0 atom stereocenters. The number of H-pyrrole nitrogens is 1. The van der Waals surface area contributed by atoms with Crippen LogP contribution in [0.25, 0.3) is 22.2 Å². The molecule has 0 saturated heterocycles. The number of aromatic amines is 1. The van der Waals surface area contributed by atoms with E-state index < -0.39 is 22.8 Å². The maximum atomic E-state index is 12.1. The van der Waals surface area contributed by atoms with Crippen LogP contribution < -0.4 is 5.56 Å². The number of carboxylic acids is 1. The van der Waals surface area contributed by atoms with E-state index in [1.54, 1.807) is 6.92 Å². The monoisotopic (exact) mass is 381 g/mol. The van der Waals surface area contributed by atoms with Crippen LogP contribution in [0.15, 0.2) is 29.1 Å². The molecular formula is C21H23N3O4. The summed E-state index contributed by atoms with van der Waals surface area (Å²) >= 11 is 0. The van der Waals surface area contributed by atoms with E-state index in [0.29, 0.717) is 17.3 Å². The molecule has 1 saturated carbocycles. The van der Waals surface area contributed by atoms with Crippen LogP contribution in [0.4, 0.5) is 0 Å². The van der Waals surface area contributed by atoms with Gasteiger partial charge < -0.3 is 19.8 Å². The number of hydrogen-bond donors (Lipinski definition) is 3. The quantitative estimate of drug-likeness (QED) is 0.631. The van der Waals surface area contributed by atoms with E-state index in [4.69, 9.17) is 5.11 Å². The van der Waals surface area contributed by atoms with Crippen molar-refractivity contribution in [3.63, 3.8) is 0 Å². The molecule has 0 radical (unpaired) electrons. The lowest BCUT2D eigenvalue weighted by atomic mass is 10.0. The molecule has 1 aliphatic rings. The fourth-order valence-electron chi connectivity index (χ4n) is 3.78. The standard InChI is InChI=1S/C21H23N3O4/c1-11-18(22-20(26)17(19(11)25)21(27)28)12-4-7-16-13(8-12)9-15(24(16)3)10-23(2)14-5-6-14/h4,7-9,14H,5-6,10H2,1-3H3,(H,27,28)(H2,22,25,26). The zero-order chi connectivity index (χ0) is 20.2. The summed E-state index contributed by atoms with van der Waals surface area (Å²) in [4.78, 5) is 28.3. The molecule has 0 unspecified atom stereocenters. The highest BCUT2D eigenvalue weighted by atomic mass is 16.4. The van der Waals surface area contributed by atoms with Crippen molar-refractivity contribution in [2.75, 3.05) is 7.05 Å². The number of pyridine rings is 1. The number of carboxylic acid groups (broad SMARTS) is 1. The van der Waals surface area contributed by atoms with E-state index in [2.05, 4.69) is 27.6 Å². The maximum Gasteiger partial charge on any atom is 0.345 e. The maximum absolute atomic E-state index is 12.1. The summed E-state index contributed by atoms with van der Waals surface area (Å²) in [5.74, 6) is -1.94. The molecule has 0 amide bonds. The fraction of sp³-hybridized carbons (Fsp3) is 0.333.